The van der Waals surface area contributed by atoms with E-state index in [1.807, 2.05) is 35.2 Å². The van der Waals surface area contributed by atoms with Gasteiger partial charge in [-0.2, -0.15) is 0 Å². The fraction of sp³-hybridized carbons (Fsp3) is 0.385. The summed E-state index contributed by atoms with van der Waals surface area (Å²) in [5.74, 6) is -0.995. The molecule has 1 atom stereocenters. The summed E-state index contributed by atoms with van der Waals surface area (Å²) in [6.07, 6.45) is 0.672. The van der Waals surface area contributed by atoms with Crippen molar-refractivity contribution in [1.29, 1.82) is 0 Å². The molecule has 1 aromatic carbocycles. The van der Waals surface area contributed by atoms with Crippen molar-refractivity contribution in [3.63, 3.8) is 0 Å². The Bertz CT molecular complexity index is 502. The van der Waals surface area contributed by atoms with Crippen LogP contribution < -0.4 is 4.90 Å². The Labute approximate surface area is 105 Å². The number of aliphatic carboxylic acids is 1. The first-order chi connectivity index (χ1) is 8.66. The number of rotatable bonds is 2. The molecule has 2 aliphatic heterocycles. The maximum absolute atomic E-state index is 11.8. The highest BCUT2D eigenvalue weighted by atomic mass is 16.4. The first-order valence-electron chi connectivity index (χ1n) is 6.03. The van der Waals surface area contributed by atoms with Crippen molar-refractivity contribution in [3.05, 3.63) is 30.3 Å². The Hall–Kier alpha value is -2.04. The lowest BCUT2D eigenvalue weighted by Crippen LogP contribution is -2.57. The summed E-state index contributed by atoms with van der Waals surface area (Å²) in [4.78, 5) is 26.8. The minimum Gasteiger partial charge on any atom is -0.478 e. The van der Waals surface area contributed by atoms with Gasteiger partial charge in [-0.3, -0.25) is 4.79 Å². The van der Waals surface area contributed by atoms with E-state index in [1.54, 1.807) is 0 Å². The van der Waals surface area contributed by atoms with Crippen LogP contribution in [-0.4, -0.2) is 40.6 Å². The maximum Gasteiger partial charge on any atom is 0.350 e. The van der Waals surface area contributed by atoms with Gasteiger partial charge in [0.2, 0.25) is 11.6 Å². The summed E-state index contributed by atoms with van der Waals surface area (Å²) in [7, 11) is 0. The Kier molecular flexibility index (Phi) is 2.29. The van der Waals surface area contributed by atoms with Gasteiger partial charge in [0.15, 0.2) is 0 Å². The van der Waals surface area contributed by atoms with Gasteiger partial charge in [0.05, 0.1) is 0 Å². The zero-order valence-electron chi connectivity index (χ0n) is 9.87. The highest BCUT2D eigenvalue weighted by Gasteiger charge is 2.59. The van der Waals surface area contributed by atoms with Crippen LogP contribution in [0.3, 0.4) is 0 Å². The third kappa shape index (κ3) is 1.27. The number of hydrogen-bond acceptors (Lipinski definition) is 3. The number of carboxylic acids is 1. The van der Waals surface area contributed by atoms with Gasteiger partial charge in [-0.1, -0.05) is 18.2 Å². The van der Waals surface area contributed by atoms with E-state index >= 15 is 0 Å². The Morgan fingerprint density at radius 3 is 2.50 bits per heavy atom. The zero-order valence-corrected chi connectivity index (χ0v) is 9.87. The van der Waals surface area contributed by atoms with E-state index < -0.39 is 11.6 Å². The predicted molar refractivity (Wildman–Crippen MR) is 65.1 cm³/mol. The number of carboxylic acid groups (broad SMARTS) is 1. The van der Waals surface area contributed by atoms with Gasteiger partial charge in [0, 0.05) is 31.6 Å². The average Bonchev–Trinajstić information content (AvgIpc) is 2.90. The number of nitrogens with zero attached hydrogens (tertiary/aromatic N) is 2. The Morgan fingerprint density at radius 1 is 1.17 bits per heavy atom. The topological polar surface area (TPSA) is 60.9 Å². The first-order valence-corrected chi connectivity index (χ1v) is 6.03. The molecule has 1 N–H and O–H groups in total. The van der Waals surface area contributed by atoms with Crippen LogP contribution in [-0.2, 0) is 9.59 Å². The second kappa shape index (κ2) is 3.73. The summed E-state index contributed by atoms with van der Waals surface area (Å²) in [6, 6.07) is 9.42. The molecule has 0 aromatic heterocycles. The zero-order chi connectivity index (χ0) is 12.8. The molecule has 2 heterocycles. The van der Waals surface area contributed by atoms with E-state index in [-0.39, 0.29) is 5.91 Å². The third-order valence-corrected chi connectivity index (χ3v) is 3.84. The standard InChI is InChI=1S/C13H14N2O3/c16-11-6-7-13(12(17)18)14(8-9-15(11)13)10-4-2-1-3-5-10/h1-5H,6-9H2,(H,17,18). The van der Waals surface area contributed by atoms with Gasteiger partial charge in [0.1, 0.15) is 0 Å². The fourth-order valence-corrected chi connectivity index (χ4v) is 3.02. The molecule has 18 heavy (non-hydrogen) atoms. The fourth-order valence-electron chi connectivity index (χ4n) is 3.02. The van der Waals surface area contributed by atoms with Crippen molar-refractivity contribution in [3.8, 4) is 0 Å². The number of carbonyl (C=O) groups excluding carboxylic acids is 1. The quantitative estimate of drug-likeness (QED) is 0.842. The van der Waals surface area contributed by atoms with E-state index in [0.717, 1.165) is 5.69 Å². The van der Waals surface area contributed by atoms with Crippen molar-refractivity contribution in [2.75, 3.05) is 18.0 Å². The summed E-state index contributed by atoms with van der Waals surface area (Å²) in [5, 5.41) is 9.59. The van der Waals surface area contributed by atoms with Gasteiger partial charge in [0.25, 0.3) is 0 Å². The van der Waals surface area contributed by atoms with E-state index in [2.05, 4.69) is 0 Å². The van der Waals surface area contributed by atoms with E-state index in [0.29, 0.717) is 25.9 Å². The second-order valence-electron chi connectivity index (χ2n) is 4.65. The van der Waals surface area contributed by atoms with Crippen LogP contribution in [0.4, 0.5) is 5.69 Å². The van der Waals surface area contributed by atoms with Crippen molar-refractivity contribution < 1.29 is 14.7 Å². The molecule has 0 saturated carbocycles. The molecule has 0 spiro atoms. The normalized spacial score (nSPS) is 26.6. The molecule has 1 aromatic rings. The SMILES string of the molecule is O=C1CCC2(C(=O)O)N1CCN2c1ccccc1. The predicted octanol–water partition coefficient (Wildman–Crippen LogP) is 0.910. The highest BCUT2D eigenvalue weighted by Crippen LogP contribution is 2.40. The number of carbonyl (C=O) groups is 2. The van der Waals surface area contributed by atoms with Crippen molar-refractivity contribution >= 4 is 17.6 Å². The van der Waals surface area contributed by atoms with Crippen LogP contribution in [0, 0.1) is 0 Å². The van der Waals surface area contributed by atoms with Crippen LogP contribution >= 0.6 is 0 Å². The Morgan fingerprint density at radius 2 is 1.83 bits per heavy atom. The summed E-state index contributed by atoms with van der Waals surface area (Å²) < 4.78 is 0. The second-order valence-corrected chi connectivity index (χ2v) is 4.65. The Balaban J connectivity index is 2.07. The van der Waals surface area contributed by atoms with Crippen molar-refractivity contribution in [2.45, 2.75) is 18.5 Å². The van der Waals surface area contributed by atoms with Gasteiger partial charge in [-0.15, -0.1) is 0 Å². The van der Waals surface area contributed by atoms with E-state index in [1.165, 1.54) is 4.90 Å². The molecule has 1 unspecified atom stereocenters. The van der Waals surface area contributed by atoms with Crippen LogP contribution in [0.25, 0.3) is 0 Å². The number of hydrogen-bond donors (Lipinski definition) is 1. The van der Waals surface area contributed by atoms with Crippen molar-refractivity contribution in [1.82, 2.24) is 4.90 Å². The lowest BCUT2D eigenvalue weighted by molar-refractivity contribution is -0.151. The summed E-state index contributed by atoms with van der Waals surface area (Å²) in [6.45, 7) is 1.06. The molecule has 0 aliphatic carbocycles. The molecule has 1 amide bonds. The van der Waals surface area contributed by atoms with Gasteiger partial charge >= 0.3 is 5.97 Å². The molecule has 94 valence electrons. The maximum atomic E-state index is 11.8. The van der Waals surface area contributed by atoms with E-state index in [9.17, 15) is 14.7 Å². The first kappa shape index (κ1) is 11.1. The van der Waals surface area contributed by atoms with Crippen LogP contribution in [0.15, 0.2) is 30.3 Å². The lowest BCUT2D eigenvalue weighted by Gasteiger charge is -2.36. The largest absolute Gasteiger partial charge is 0.478 e. The number of benzene rings is 1. The molecule has 0 bridgehead atoms. The molecular weight excluding hydrogens is 232 g/mol. The highest BCUT2D eigenvalue weighted by molar-refractivity contribution is 5.94. The molecule has 5 heteroatoms. The number of anilines is 1. The lowest BCUT2D eigenvalue weighted by atomic mass is 10.1. The molecule has 2 fully saturated rings. The minimum absolute atomic E-state index is 0.0594. The molecule has 5 nitrogen and oxygen atoms in total. The molecule has 0 radical (unpaired) electrons. The smallest absolute Gasteiger partial charge is 0.350 e. The summed E-state index contributed by atoms with van der Waals surface area (Å²) >= 11 is 0. The molecule has 3 rings (SSSR count). The number of fused-ring (bicyclic) bond motifs is 1. The third-order valence-electron chi connectivity index (χ3n) is 3.84. The van der Waals surface area contributed by atoms with Gasteiger partial charge in [-0.05, 0) is 12.1 Å². The minimum atomic E-state index is -1.17. The van der Waals surface area contributed by atoms with Crippen LogP contribution in [0.2, 0.25) is 0 Å². The number of para-hydroxylation sites is 1. The summed E-state index contributed by atoms with van der Waals surface area (Å²) in [5.41, 5.74) is -0.310. The van der Waals surface area contributed by atoms with Crippen LogP contribution in [0.5, 0.6) is 0 Å². The molecular formula is C13H14N2O3. The van der Waals surface area contributed by atoms with Gasteiger partial charge in [-0.25, -0.2) is 4.79 Å². The van der Waals surface area contributed by atoms with E-state index in [4.69, 9.17) is 0 Å². The average molecular weight is 246 g/mol. The monoisotopic (exact) mass is 246 g/mol. The molecule has 2 saturated heterocycles. The van der Waals surface area contributed by atoms with Crippen LogP contribution in [0.1, 0.15) is 12.8 Å². The van der Waals surface area contributed by atoms with Crippen molar-refractivity contribution in [2.24, 2.45) is 0 Å². The molecule has 2 aliphatic rings. The van der Waals surface area contributed by atoms with Gasteiger partial charge < -0.3 is 14.9 Å². The number of amides is 1.